The highest BCUT2D eigenvalue weighted by atomic mass is 32.2. The Labute approximate surface area is 214 Å². The van der Waals surface area contributed by atoms with Crippen molar-refractivity contribution in [2.75, 3.05) is 5.75 Å². The zero-order valence-corrected chi connectivity index (χ0v) is 22.2. The molecule has 2 aromatic rings. The maximum absolute atomic E-state index is 13.6. The van der Waals surface area contributed by atoms with Crippen molar-refractivity contribution in [3.05, 3.63) is 47.8 Å². The van der Waals surface area contributed by atoms with Gasteiger partial charge in [0.25, 0.3) is 0 Å². The summed E-state index contributed by atoms with van der Waals surface area (Å²) in [6.45, 7) is 8.93. The molecule has 0 unspecified atom stereocenters. The average molecular weight is 497 g/mol. The molecule has 0 bridgehead atoms. The third-order valence-electron chi connectivity index (χ3n) is 7.41. The first-order chi connectivity index (χ1) is 17.1. The molecule has 2 aliphatic rings. The molecule has 190 valence electrons. The first-order valence-electron chi connectivity index (χ1n) is 13.2. The van der Waals surface area contributed by atoms with Gasteiger partial charge in [0.1, 0.15) is 12.4 Å². The number of aromatic nitrogens is 3. The van der Waals surface area contributed by atoms with E-state index in [4.69, 9.17) is 4.74 Å². The van der Waals surface area contributed by atoms with Crippen LogP contribution in [0.25, 0.3) is 0 Å². The van der Waals surface area contributed by atoms with E-state index >= 15 is 0 Å². The van der Waals surface area contributed by atoms with Crippen molar-refractivity contribution in [3.8, 4) is 5.75 Å². The van der Waals surface area contributed by atoms with Gasteiger partial charge in [-0.15, -0.1) is 16.8 Å². The van der Waals surface area contributed by atoms with Crippen LogP contribution in [-0.4, -0.2) is 43.4 Å². The van der Waals surface area contributed by atoms with Gasteiger partial charge in [-0.05, 0) is 50.7 Å². The molecule has 7 heteroatoms. The third kappa shape index (κ3) is 6.49. The lowest BCUT2D eigenvalue weighted by molar-refractivity contribution is -0.135. The smallest absolute Gasteiger partial charge is 0.233 e. The van der Waals surface area contributed by atoms with Crippen LogP contribution in [-0.2, 0) is 17.9 Å². The molecule has 2 saturated carbocycles. The molecule has 1 heterocycles. The minimum Gasteiger partial charge on any atom is -0.485 e. The average Bonchev–Trinajstić information content (AvgIpc) is 3.25. The van der Waals surface area contributed by atoms with E-state index in [-0.39, 0.29) is 5.91 Å². The molecule has 2 fully saturated rings. The number of amides is 1. The van der Waals surface area contributed by atoms with Crippen molar-refractivity contribution in [1.29, 1.82) is 0 Å². The summed E-state index contributed by atoms with van der Waals surface area (Å²) in [7, 11) is 0. The molecule has 0 saturated heterocycles. The number of hydrogen-bond acceptors (Lipinski definition) is 5. The molecule has 1 aromatic carbocycles. The van der Waals surface area contributed by atoms with Crippen LogP contribution in [0.1, 0.15) is 81.2 Å². The predicted octanol–water partition coefficient (Wildman–Crippen LogP) is 6.25. The standard InChI is InChI=1S/C28H40N4O2S/c1-4-18-31-25(19-34-27-21(2)12-11-13-22(27)3)29-30-28(31)35-20-26(33)32(23-14-7-5-8-15-23)24-16-9-6-10-17-24/h4,11-13,23-24H,1,5-10,14-20H2,2-3H3. The molecule has 0 N–H and O–H groups in total. The number of allylic oxidation sites excluding steroid dienone is 1. The van der Waals surface area contributed by atoms with Crippen molar-refractivity contribution in [2.45, 2.75) is 108 Å². The molecular formula is C28H40N4O2S. The highest BCUT2D eigenvalue weighted by Gasteiger charge is 2.32. The minimum atomic E-state index is 0.260. The van der Waals surface area contributed by atoms with Gasteiger partial charge in [0.15, 0.2) is 11.0 Å². The summed E-state index contributed by atoms with van der Waals surface area (Å²) in [5.74, 6) is 2.30. The van der Waals surface area contributed by atoms with Crippen LogP contribution in [0, 0.1) is 13.8 Å². The number of benzene rings is 1. The summed E-state index contributed by atoms with van der Waals surface area (Å²) >= 11 is 1.50. The van der Waals surface area contributed by atoms with E-state index in [2.05, 4.69) is 21.7 Å². The first-order valence-corrected chi connectivity index (χ1v) is 14.2. The highest BCUT2D eigenvalue weighted by Crippen LogP contribution is 2.31. The summed E-state index contributed by atoms with van der Waals surface area (Å²) in [4.78, 5) is 15.9. The molecule has 0 atom stereocenters. The van der Waals surface area contributed by atoms with Crippen LogP contribution in [0.2, 0.25) is 0 Å². The van der Waals surface area contributed by atoms with E-state index in [1.54, 1.807) is 0 Å². The number of nitrogens with zero attached hydrogens (tertiary/aromatic N) is 4. The van der Waals surface area contributed by atoms with E-state index in [1.165, 1.54) is 50.3 Å². The van der Waals surface area contributed by atoms with Crippen LogP contribution in [0.15, 0.2) is 36.0 Å². The second-order valence-corrected chi connectivity index (χ2v) is 10.9. The lowest BCUT2D eigenvalue weighted by Crippen LogP contribution is -2.49. The van der Waals surface area contributed by atoms with Gasteiger partial charge < -0.3 is 9.64 Å². The van der Waals surface area contributed by atoms with Crippen LogP contribution >= 0.6 is 11.8 Å². The van der Waals surface area contributed by atoms with Crippen LogP contribution in [0.5, 0.6) is 5.75 Å². The van der Waals surface area contributed by atoms with Crippen LogP contribution in [0.4, 0.5) is 0 Å². The summed E-state index contributed by atoms with van der Waals surface area (Å²) in [5, 5.41) is 9.59. The van der Waals surface area contributed by atoms with Gasteiger partial charge in [-0.3, -0.25) is 9.36 Å². The molecule has 35 heavy (non-hydrogen) atoms. The maximum atomic E-state index is 13.6. The number of hydrogen-bond donors (Lipinski definition) is 0. The second-order valence-electron chi connectivity index (χ2n) is 9.98. The molecule has 0 aliphatic heterocycles. The summed E-state index contributed by atoms with van der Waals surface area (Å²) in [6, 6.07) is 6.95. The molecule has 0 radical (unpaired) electrons. The Balaban J connectivity index is 1.44. The predicted molar refractivity (Wildman–Crippen MR) is 142 cm³/mol. The molecule has 1 aromatic heterocycles. The third-order valence-corrected chi connectivity index (χ3v) is 8.36. The van der Waals surface area contributed by atoms with Crippen LogP contribution < -0.4 is 4.74 Å². The quantitative estimate of drug-likeness (QED) is 0.288. The van der Waals surface area contributed by atoms with Gasteiger partial charge in [0, 0.05) is 18.6 Å². The van der Waals surface area contributed by atoms with E-state index in [1.807, 2.05) is 42.7 Å². The van der Waals surface area contributed by atoms with Gasteiger partial charge >= 0.3 is 0 Å². The number of ether oxygens (including phenoxy) is 1. The lowest BCUT2D eigenvalue weighted by atomic mass is 9.88. The Bertz CT molecular complexity index is 955. The number of thioether (sulfide) groups is 1. The Morgan fingerprint density at radius 3 is 2.23 bits per heavy atom. The largest absolute Gasteiger partial charge is 0.485 e. The van der Waals surface area contributed by atoms with Gasteiger partial charge in [0.05, 0.1) is 5.75 Å². The molecule has 4 rings (SSSR count). The summed E-state index contributed by atoms with van der Waals surface area (Å²) < 4.78 is 8.15. The van der Waals surface area contributed by atoms with E-state index in [9.17, 15) is 4.79 Å². The van der Waals surface area contributed by atoms with Crippen LogP contribution in [0.3, 0.4) is 0 Å². The topological polar surface area (TPSA) is 60.2 Å². The maximum Gasteiger partial charge on any atom is 0.233 e. The molecule has 2 aliphatic carbocycles. The number of rotatable bonds is 10. The number of para-hydroxylation sites is 1. The lowest BCUT2D eigenvalue weighted by Gasteiger charge is -2.41. The van der Waals surface area contributed by atoms with E-state index in [0.717, 1.165) is 53.5 Å². The molecule has 6 nitrogen and oxygen atoms in total. The van der Waals surface area contributed by atoms with Gasteiger partial charge in [-0.25, -0.2) is 0 Å². The monoisotopic (exact) mass is 496 g/mol. The Morgan fingerprint density at radius 2 is 1.66 bits per heavy atom. The first kappa shape index (κ1) is 25.8. The van der Waals surface area contributed by atoms with Gasteiger partial charge in [-0.2, -0.15) is 0 Å². The Morgan fingerprint density at radius 1 is 1.06 bits per heavy atom. The van der Waals surface area contributed by atoms with Crippen molar-refractivity contribution in [3.63, 3.8) is 0 Å². The van der Waals surface area contributed by atoms with E-state index < -0.39 is 0 Å². The number of carbonyl (C=O) groups excluding carboxylic acids is 1. The summed E-state index contributed by atoms with van der Waals surface area (Å²) in [5.41, 5.74) is 2.20. The van der Waals surface area contributed by atoms with Crippen molar-refractivity contribution in [2.24, 2.45) is 0 Å². The highest BCUT2D eigenvalue weighted by molar-refractivity contribution is 7.99. The summed E-state index contributed by atoms with van der Waals surface area (Å²) in [6.07, 6.45) is 14.0. The minimum absolute atomic E-state index is 0.260. The van der Waals surface area contributed by atoms with Gasteiger partial charge in [-0.1, -0.05) is 74.6 Å². The number of aryl methyl sites for hydroxylation is 2. The fourth-order valence-electron chi connectivity index (χ4n) is 5.63. The second kappa shape index (κ2) is 12.6. The van der Waals surface area contributed by atoms with Crippen molar-refractivity contribution < 1.29 is 9.53 Å². The zero-order chi connectivity index (χ0) is 24.6. The fraction of sp³-hybridized carbons (Fsp3) is 0.607. The van der Waals surface area contributed by atoms with E-state index in [0.29, 0.717) is 31.0 Å². The number of carbonyl (C=O) groups is 1. The Kier molecular flexibility index (Phi) is 9.30. The van der Waals surface area contributed by atoms with Crippen molar-refractivity contribution in [1.82, 2.24) is 19.7 Å². The van der Waals surface area contributed by atoms with Gasteiger partial charge in [0.2, 0.25) is 5.91 Å². The fourth-order valence-corrected chi connectivity index (χ4v) is 6.47. The Hall–Kier alpha value is -2.28. The SMILES string of the molecule is C=CCn1c(COc2c(C)cccc2C)nnc1SCC(=O)N(C1CCCCC1)C1CCCCC1. The molecule has 0 spiro atoms. The molecule has 1 amide bonds. The normalized spacial score (nSPS) is 17.3. The molecular weight excluding hydrogens is 456 g/mol. The van der Waals surface area contributed by atoms with Crippen molar-refractivity contribution >= 4 is 17.7 Å². The zero-order valence-electron chi connectivity index (χ0n) is 21.4.